The second-order valence-electron chi connectivity index (χ2n) is 22.2. The molecule has 0 aliphatic carbocycles. The van der Waals surface area contributed by atoms with Crippen molar-refractivity contribution in [3.05, 3.63) is 72.9 Å². The SMILES string of the molecule is CC/C=C\C/C=C\C/C=C\C/C=C\C/C=C\CCCCCCCCCC(=O)OCC(O)COP(=O)(O)OCC(O)COP(=O)(O)OCC(COC(=O)CCCCCCCCCCCCCCCCC)OC(=O)CCCCCCC/C=C\CCCC. The molecule has 0 fully saturated rings. The summed E-state index contributed by atoms with van der Waals surface area (Å²) in [6.45, 7) is 2.51. The maximum absolute atomic E-state index is 12.8. The van der Waals surface area contributed by atoms with Gasteiger partial charge in [0.1, 0.15) is 25.4 Å². The Bertz CT molecular complexity index is 1850. The highest BCUT2D eigenvalue weighted by Crippen LogP contribution is 2.45. The quantitative estimate of drug-likeness (QED) is 0.0146. The summed E-state index contributed by atoms with van der Waals surface area (Å²) in [5.41, 5.74) is 0. The van der Waals surface area contributed by atoms with Crippen molar-refractivity contribution in [1.29, 1.82) is 0 Å². The van der Waals surface area contributed by atoms with Crippen molar-refractivity contribution >= 4 is 33.6 Å². The van der Waals surface area contributed by atoms with Crippen molar-refractivity contribution in [2.75, 3.05) is 39.6 Å². The fraction of sp³-hybridized carbons (Fsp3) is 0.776. The minimum absolute atomic E-state index is 0.0976. The van der Waals surface area contributed by atoms with Gasteiger partial charge in [0, 0.05) is 19.3 Å². The first-order valence-electron chi connectivity index (χ1n) is 33.2. The zero-order valence-electron chi connectivity index (χ0n) is 53.3. The van der Waals surface area contributed by atoms with Crippen LogP contribution in [0.25, 0.3) is 0 Å². The molecule has 0 aromatic carbocycles. The first-order valence-corrected chi connectivity index (χ1v) is 36.2. The predicted molar refractivity (Wildman–Crippen MR) is 344 cm³/mol. The van der Waals surface area contributed by atoms with E-state index in [2.05, 4.69) is 93.7 Å². The van der Waals surface area contributed by atoms with Crippen LogP contribution < -0.4 is 0 Å². The number of hydrogen-bond donors (Lipinski definition) is 4. The van der Waals surface area contributed by atoms with E-state index in [-0.39, 0.29) is 19.3 Å². The molecule has 0 aromatic heterocycles. The molecule has 85 heavy (non-hydrogen) atoms. The molecule has 5 atom stereocenters. The van der Waals surface area contributed by atoms with Crippen molar-refractivity contribution < 1.29 is 75.8 Å². The van der Waals surface area contributed by atoms with Gasteiger partial charge in [0.05, 0.1) is 26.4 Å². The van der Waals surface area contributed by atoms with Crippen LogP contribution in [0.4, 0.5) is 0 Å². The van der Waals surface area contributed by atoms with Crippen molar-refractivity contribution in [2.45, 2.75) is 296 Å². The van der Waals surface area contributed by atoms with Gasteiger partial charge < -0.3 is 34.2 Å². The van der Waals surface area contributed by atoms with E-state index < -0.39 is 91.5 Å². The zero-order chi connectivity index (χ0) is 62.4. The van der Waals surface area contributed by atoms with Gasteiger partial charge in [-0.3, -0.25) is 32.5 Å². The third kappa shape index (κ3) is 62.4. The van der Waals surface area contributed by atoms with E-state index in [9.17, 15) is 43.5 Å². The van der Waals surface area contributed by atoms with E-state index in [0.717, 1.165) is 135 Å². The number of phosphoric ester groups is 2. The zero-order valence-corrected chi connectivity index (χ0v) is 55.1. The van der Waals surface area contributed by atoms with Gasteiger partial charge in [-0.2, -0.15) is 0 Å². The molecule has 0 radical (unpaired) electrons. The minimum atomic E-state index is -4.91. The van der Waals surface area contributed by atoms with Gasteiger partial charge >= 0.3 is 33.6 Å². The van der Waals surface area contributed by atoms with Crippen LogP contribution in [0.1, 0.15) is 278 Å². The number of esters is 3. The van der Waals surface area contributed by atoms with Gasteiger partial charge in [0.15, 0.2) is 6.10 Å². The van der Waals surface area contributed by atoms with Crippen molar-refractivity contribution in [1.82, 2.24) is 0 Å². The van der Waals surface area contributed by atoms with Crippen LogP contribution in [0.5, 0.6) is 0 Å². The topological polar surface area (TPSA) is 231 Å². The normalized spacial score (nSPS) is 14.8. The molecule has 0 aliphatic rings. The predicted octanol–water partition coefficient (Wildman–Crippen LogP) is 18.0. The lowest BCUT2D eigenvalue weighted by molar-refractivity contribution is -0.161. The summed E-state index contributed by atoms with van der Waals surface area (Å²) in [7, 11) is -9.76. The van der Waals surface area contributed by atoms with Gasteiger partial charge in [-0.05, 0) is 83.5 Å². The van der Waals surface area contributed by atoms with Crippen LogP contribution in [-0.4, -0.2) is 95.9 Å². The first kappa shape index (κ1) is 82.0. The van der Waals surface area contributed by atoms with Gasteiger partial charge in [-0.15, -0.1) is 0 Å². The fourth-order valence-electron chi connectivity index (χ4n) is 8.81. The molecule has 16 nitrogen and oxygen atoms in total. The Labute approximate surface area is 515 Å². The van der Waals surface area contributed by atoms with Crippen molar-refractivity contribution in [2.24, 2.45) is 0 Å². The second kappa shape index (κ2) is 61.2. The summed E-state index contributed by atoms with van der Waals surface area (Å²) in [6, 6.07) is 0. The molecule has 0 aromatic rings. The number of unbranched alkanes of at least 4 members (excludes halogenated alkanes) is 28. The smallest absolute Gasteiger partial charge is 0.463 e. The Kier molecular flexibility index (Phi) is 59.1. The molecule has 0 saturated carbocycles. The maximum Gasteiger partial charge on any atom is 0.472 e. The van der Waals surface area contributed by atoms with Crippen LogP contribution in [0, 0.1) is 0 Å². The van der Waals surface area contributed by atoms with Gasteiger partial charge in [-0.1, -0.05) is 248 Å². The number of carbonyl (C=O) groups excluding carboxylic acids is 3. The molecule has 0 bridgehead atoms. The van der Waals surface area contributed by atoms with Crippen LogP contribution in [0.2, 0.25) is 0 Å². The largest absolute Gasteiger partial charge is 0.472 e. The lowest BCUT2D eigenvalue weighted by atomic mass is 10.0. The van der Waals surface area contributed by atoms with Gasteiger partial charge in [0.2, 0.25) is 0 Å². The number of hydrogen-bond acceptors (Lipinski definition) is 14. The molecule has 5 unspecified atom stereocenters. The molecular formula is C67H120O16P2. The average Bonchev–Trinajstić information content (AvgIpc) is 3.60. The standard InChI is InChI=1S/C67H120O16P2/c1-4-7-10-13-16-19-22-24-26-27-28-29-30-31-32-33-35-37-39-41-44-47-50-53-65(70)77-56-62(68)57-79-84(73,74)80-58-63(69)59-81-85(75,76)82-61-64(83-67(72)55-52-49-46-43-38-21-18-15-12-9-6-3)60-78-66(71)54-51-48-45-42-40-36-34-25-23-20-17-14-11-8-5-2/h7,10,15-16,18-19,24,26,28-29,31-32,62-64,68-69H,4-6,8-9,11-14,17,20-23,25,27,30,33-61H2,1-3H3,(H,73,74)(H,75,76)/b10-7-,18-15-,19-16-,26-24-,29-28-,32-31-. The van der Waals surface area contributed by atoms with E-state index in [1.54, 1.807) is 0 Å². The van der Waals surface area contributed by atoms with E-state index in [1.807, 2.05) is 0 Å². The molecule has 0 heterocycles. The van der Waals surface area contributed by atoms with Crippen LogP contribution >= 0.6 is 15.6 Å². The number of rotatable bonds is 63. The molecule has 18 heteroatoms. The summed E-state index contributed by atoms with van der Waals surface area (Å²) in [5.74, 6) is -1.59. The van der Waals surface area contributed by atoms with Crippen molar-refractivity contribution in [3.8, 4) is 0 Å². The Balaban J connectivity index is 4.53. The Morgan fingerprint density at radius 2 is 0.635 bits per heavy atom. The number of ether oxygens (including phenoxy) is 3. The maximum atomic E-state index is 12.8. The second-order valence-corrected chi connectivity index (χ2v) is 25.2. The lowest BCUT2D eigenvalue weighted by Crippen LogP contribution is -2.30. The van der Waals surface area contributed by atoms with E-state index in [1.165, 1.54) is 83.5 Å². The average molecular weight is 1240 g/mol. The number of allylic oxidation sites excluding steroid dienone is 12. The summed E-state index contributed by atoms with van der Waals surface area (Å²) in [4.78, 5) is 58.2. The highest BCUT2D eigenvalue weighted by molar-refractivity contribution is 7.47. The number of aliphatic hydroxyl groups excluding tert-OH is 2. The Morgan fingerprint density at radius 1 is 0.341 bits per heavy atom. The highest BCUT2D eigenvalue weighted by Gasteiger charge is 2.29. The number of phosphoric acid groups is 2. The molecular weight excluding hydrogens is 1120 g/mol. The fourth-order valence-corrected chi connectivity index (χ4v) is 10.4. The summed E-state index contributed by atoms with van der Waals surface area (Å²) in [5, 5.41) is 20.5. The summed E-state index contributed by atoms with van der Waals surface area (Å²) < 4.78 is 60.7. The lowest BCUT2D eigenvalue weighted by Gasteiger charge is -2.21. The van der Waals surface area contributed by atoms with E-state index in [0.29, 0.717) is 19.3 Å². The Morgan fingerprint density at radius 3 is 1.04 bits per heavy atom. The number of aliphatic hydroxyl groups is 2. The van der Waals surface area contributed by atoms with Crippen LogP contribution in [0.15, 0.2) is 72.9 Å². The van der Waals surface area contributed by atoms with Gasteiger partial charge in [0.25, 0.3) is 0 Å². The summed E-state index contributed by atoms with van der Waals surface area (Å²) >= 11 is 0. The molecule has 0 aliphatic heterocycles. The Hall–Kier alpha value is -3.01. The molecule has 0 spiro atoms. The van der Waals surface area contributed by atoms with Gasteiger partial charge in [-0.25, -0.2) is 9.13 Å². The molecule has 494 valence electrons. The molecule has 0 rings (SSSR count). The van der Waals surface area contributed by atoms with Crippen LogP contribution in [-0.2, 0) is 55.8 Å². The minimum Gasteiger partial charge on any atom is -0.463 e. The third-order valence-corrected chi connectivity index (χ3v) is 15.8. The van der Waals surface area contributed by atoms with Crippen LogP contribution in [0.3, 0.4) is 0 Å². The molecule has 0 saturated heterocycles. The first-order chi connectivity index (χ1) is 41.2. The molecule has 4 N–H and O–H groups in total. The number of carbonyl (C=O) groups is 3. The molecule has 0 amide bonds. The van der Waals surface area contributed by atoms with E-state index >= 15 is 0 Å². The monoisotopic (exact) mass is 1240 g/mol. The summed E-state index contributed by atoms with van der Waals surface area (Å²) in [6.07, 6.45) is 62.5. The van der Waals surface area contributed by atoms with Crippen molar-refractivity contribution in [3.63, 3.8) is 0 Å². The highest BCUT2D eigenvalue weighted by atomic mass is 31.2. The third-order valence-electron chi connectivity index (χ3n) is 13.9. The van der Waals surface area contributed by atoms with E-state index in [4.69, 9.17) is 32.3 Å².